The number of rotatable bonds is 4. The van der Waals surface area contributed by atoms with Crippen molar-refractivity contribution in [3.63, 3.8) is 0 Å². The van der Waals surface area contributed by atoms with Crippen LogP contribution in [0.15, 0.2) is 54.0 Å². The van der Waals surface area contributed by atoms with Crippen LogP contribution in [0.2, 0.25) is 0 Å². The quantitative estimate of drug-likeness (QED) is 0.768. The van der Waals surface area contributed by atoms with E-state index in [1.807, 2.05) is 6.07 Å². The Kier molecular flexibility index (Phi) is 3.24. The lowest BCUT2D eigenvalue weighted by Gasteiger charge is -2.08. The van der Waals surface area contributed by atoms with Gasteiger partial charge in [0.2, 0.25) is 0 Å². The van der Waals surface area contributed by atoms with Gasteiger partial charge in [-0.2, -0.15) is 5.10 Å². The molecule has 0 spiro atoms. The standard InChI is InChI=1S/C13H11N5O2/c19-13(11-3-5-20-7-11)16-6-10-2-1-4-15-12(10)18-9-14-8-17-18/h1-5,7-9H,6H2,(H,16,19). The van der Waals surface area contributed by atoms with E-state index in [-0.39, 0.29) is 5.91 Å². The van der Waals surface area contributed by atoms with Crippen molar-refractivity contribution in [2.45, 2.75) is 6.54 Å². The highest BCUT2D eigenvalue weighted by Gasteiger charge is 2.10. The zero-order valence-corrected chi connectivity index (χ0v) is 10.4. The Morgan fingerprint density at radius 1 is 1.40 bits per heavy atom. The summed E-state index contributed by atoms with van der Waals surface area (Å²) in [5.74, 6) is 0.435. The SMILES string of the molecule is O=C(NCc1cccnc1-n1cncn1)c1ccoc1. The van der Waals surface area contributed by atoms with Crippen molar-refractivity contribution in [3.05, 3.63) is 60.7 Å². The van der Waals surface area contributed by atoms with Crippen molar-refractivity contribution in [3.8, 4) is 5.82 Å². The molecule has 1 N–H and O–H groups in total. The first-order valence-electron chi connectivity index (χ1n) is 5.94. The molecule has 3 heterocycles. The van der Waals surface area contributed by atoms with Crippen LogP contribution in [0.5, 0.6) is 0 Å². The molecule has 0 aliphatic carbocycles. The molecule has 7 nitrogen and oxygen atoms in total. The minimum Gasteiger partial charge on any atom is -0.472 e. The summed E-state index contributed by atoms with van der Waals surface area (Å²) in [6, 6.07) is 5.29. The highest BCUT2D eigenvalue weighted by atomic mass is 16.3. The first-order chi connectivity index (χ1) is 9.84. The summed E-state index contributed by atoms with van der Waals surface area (Å²) in [6.45, 7) is 0.340. The Bertz CT molecular complexity index is 691. The molecule has 3 aromatic rings. The molecule has 1 amide bonds. The minimum atomic E-state index is -0.202. The van der Waals surface area contributed by atoms with Crippen molar-refractivity contribution in [2.24, 2.45) is 0 Å². The van der Waals surface area contributed by atoms with E-state index in [9.17, 15) is 4.79 Å². The Morgan fingerprint density at radius 2 is 2.35 bits per heavy atom. The number of hydrogen-bond acceptors (Lipinski definition) is 5. The second kappa shape index (κ2) is 5.35. The predicted molar refractivity (Wildman–Crippen MR) is 69.0 cm³/mol. The fourth-order valence-corrected chi connectivity index (χ4v) is 1.76. The third-order valence-electron chi connectivity index (χ3n) is 2.73. The summed E-state index contributed by atoms with van der Waals surface area (Å²) in [6.07, 6.45) is 7.52. The molecule has 3 rings (SSSR count). The zero-order valence-electron chi connectivity index (χ0n) is 10.4. The van der Waals surface area contributed by atoms with Gasteiger partial charge < -0.3 is 9.73 Å². The molecule has 0 aliphatic rings. The lowest BCUT2D eigenvalue weighted by Crippen LogP contribution is -2.23. The monoisotopic (exact) mass is 269 g/mol. The first kappa shape index (κ1) is 12.1. The van der Waals surface area contributed by atoms with Gasteiger partial charge >= 0.3 is 0 Å². The maximum atomic E-state index is 11.9. The van der Waals surface area contributed by atoms with Crippen LogP contribution in [-0.2, 0) is 6.54 Å². The van der Waals surface area contributed by atoms with Gasteiger partial charge in [0, 0.05) is 18.3 Å². The molecule has 20 heavy (non-hydrogen) atoms. The molecular weight excluding hydrogens is 258 g/mol. The number of carbonyl (C=O) groups excluding carboxylic acids is 1. The van der Waals surface area contributed by atoms with E-state index in [1.165, 1.54) is 18.9 Å². The van der Waals surface area contributed by atoms with Crippen molar-refractivity contribution in [1.29, 1.82) is 0 Å². The summed E-state index contributed by atoms with van der Waals surface area (Å²) >= 11 is 0. The van der Waals surface area contributed by atoms with E-state index in [0.29, 0.717) is 17.9 Å². The number of amides is 1. The molecule has 0 saturated heterocycles. The fraction of sp³-hybridized carbons (Fsp3) is 0.0769. The van der Waals surface area contributed by atoms with Crippen LogP contribution in [0, 0.1) is 0 Å². The molecule has 0 bridgehead atoms. The summed E-state index contributed by atoms with van der Waals surface area (Å²) in [5, 5.41) is 6.84. The third kappa shape index (κ3) is 2.41. The molecule has 7 heteroatoms. The van der Waals surface area contributed by atoms with E-state index in [2.05, 4.69) is 20.4 Å². The molecule has 3 aromatic heterocycles. The maximum absolute atomic E-state index is 11.9. The Morgan fingerprint density at radius 3 is 3.10 bits per heavy atom. The van der Waals surface area contributed by atoms with Crippen LogP contribution in [0.4, 0.5) is 0 Å². The van der Waals surface area contributed by atoms with Crippen LogP contribution in [0.1, 0.15) is 15.9 Å². The average Bonchev–Trinajstić information content (AvgIpc) is 3.17. The smallest absolute Gasteiger partial charge is 0.254 e. The van der Waals surface area contributed by atoms with E-state index in [0.717, 1.165) is 5.56 Å². The van der Waals surface area contributed by atoms with E-state index < -0.39 is 0 Å². The molecule has 0 fully saturated rings. The number of carbonyl (C=O) groups is 1. The molecule has 0 radical (unpaired) electrons. The van der Waals surface area contributed by atoms with E-state index in [4.69, 9.17) is 4.42 Å². The van der Waals surface area contributed by atoms with Crippen LogP contribution in [-0.4, -0.2) is 25.7 Å². The van der Waals surface area contributed by atoms with Gasteiger partial charge in [0.1, 0.15) is 18.9 Å². The van der Waals surface area contributed by atoms with Crippen molar-refractivity contribution in [1.82, 2.24) is 25.1 Å². The average molecular weight is 269 g/mol. The second-order valence-electron chi connectivity index (χ2n) is 4.02. The lowest BCUT2D eigenvalue weighted by molar-refractivity contribution is 0.0950. The lowest BCUT2D eigenvalue weighted by atomic mass is 10.2. The summed E-state index contributed by atoms with van der Waals surface area (Å²) < 4.78 is 6.43. The van der Waals surface area contributed by atoms with E-state index in [1.54, 1.807) is 29.3 Å². The first-order valence-corrected chi connectivity index (χ1v) is 5.94. The number of furan rings is 1. The van der Waals surface area contributed by atoms with Gasteiger partial charge in [-0.05, 0) is 12.1 Å². The number of nitrogens with one attached hydrogen (secondary N) is 1. The largest absolute Gasteiger partial charge is 0.472 e. The molecule has 0 unspecified atom stereocenters. The van der Waals surface area contributed by atoms with Gasteiger partial charge in [-0.15, -0.1) is 0 Å². The van der Waals surface area contributed by atoms with Gasteiger partial charge in [0.05, 0.1) is 11.8 Å². The topological polar surface area (TPSA) is 85.8 Å². The van der Waals surface area contributed by atoms with Crippen LogP contribution in [0.25, 0.3) is 5.82 Å². The molecular formula is C13H11N5O2. The van der Waals surface area contributed by atoms with E-state index >= 15 is 0 Å². The van der Waals surface area contributed by atoms with Crippen molar-refractivity contribution in [2.75, 3.05) is 0 Å². The number of aromatic nitrogens is 4. The minimum absolute atomic E-state index is 0.202. The Labute approximate surface area is 114 Å². The second-order valence-corrected chi connectivity index (χ2v) is 4.02. The van der Waals surface area contributed by atoms with Crippen LogP contribution in [0.3, 0.4) is 0 Å². The summed E-state index contributed by atoms with van der Waals surface area (Å²) in [4.78, 5) is 20.0. The van der Waals surface area contributed by atoms with Gasteiger partial charge in [-0.3, -0.25) is 4.79 Å². The number of nitrogens with zero attached hydrogens (tertiary/aromatic N) is 4. The molecule has 0 atom stereocenters. The van der Waals surface area contributed by atoms with Gasteiger partial charge in [0.15, 0.2) is 5.82 Å². The van der Waals surface area contributed by atoms with Gasteiger partial charge in [-0.25, -0.2) is 14.6 Å². The fourth-order valence-electron chi connectivity index (χ4n) is 1.76. The highest BCUT2D eigenvalue weighted by molar-refractivity contribution is 5.93. The Hall–Kier alpha value is -2.96. The number of hydrogen-bond donors (Lipinski definition) is 1. The number of pyridine rings is 1. The third-order valence-corrected chi connectivity index (χ3v) is 2.73. The Balaban J connectivity index is 1.77. The van der Waals surface area contributed by atoms with Crippen LogP contribution >= 0.6 is 0 Å². The van der Waals surface area contributed by atoms with Crippen molar-refractivity contribution >= 4 is 5.91 Å². The summed E-state index contributed by atoms with van der Waals surface area (Å²) in [7, 11) is 0. The van der Waals surface area contributed by atoms with Gasteiger partial charge in [0.25, 0.3) is 5.91 Å². The molecule has 0 aromatic carbocycles. The normalized spacial score (nSPS) is 10.4. The predicted octanol–water partition coefficient (Wildman–Crippen LogP) is 1.19. The molecule has 0 saturated carbocycles. The highest BCUT2D eigenvalue weighted by Crippen LogP contribution is 2.09. The molecule has 100 valence electrons. The zero-order chi connectivity index (χ0) is 13.8. The van der Waals surface area contributed by atoms with Crippen LogP contribution < -0.4 is 5.32 Å². The summed E-state index contributed by atoms with van der Waals surface area (Å²) in [5.41, 5.74) is 1.33. The van der Waals surface area contributed by atoms with Crippen molar-refractivity contribution < 1.29 is 9.21 Å². The maximum Gasteiger partial charge on any atom is 0.254 e. The van der Waals surface area contributed by atoms with Gasteiger partial charge in [-0.1, -0.05) is 6.07 Å². The molecule has 0 aliphatic heterocycles.